The molecule has 2 aromatic heterocycles. The highest BCUT2D eigenvalue weighted by Gasteiger charge is 2.16. The first-order valence-electron chi connectivity index (χ1n) is 11.1. The zero-order chi connectivity index (χ0) is 22.6. The molecule has 5 rings (SSSR count). The van der Waals surface area contributed by atoms with Gasteiger partial charge in [0.25, 0.3) is 5.56 Å². The number of benzene rings is 1. The zero-order valence-corrected chi connectivity index (χ0v) is 18.9. The van der Waals surface area contributed by atoms with Crippen molar-refractivity contribution in [2.45, 2.75) is 38.5 Å². The van der Waals surface area contributed by atoms with Crippen molar-refractivity contribution in [2.75, 3.05) is 13.2 Å². The normalized spacial score (nSPS) is 17.5. The molecule has 1 aromatic carbocycles. The Kier molecular flexibility index (Phi) is 6.53. The van der Waals surface area contributed by atoms with Gasteiger partial charge in [0.05, 0.1) is 6.61 Å². The van der Waals surface area contributed by atoms with E-state index in [1.807, 2.05) is 0 Å². The molecule has 7 nitrogen and oxygen atoms in total. The van der Waals surface area contributed by atoms with Crippen LogP contribution < -0.4 is 15.6 Å². The van der Waals surface area contributed by atoms with Crippen LogP contribution in [0.25, 0.3) is 11.8 Å². The van der Waals surface area contributed by atoms with Crippen LogP contribution in [0.4, 0.5) is 0 Å². The number of nitrogens with zero attached hydrogens (tertiary/aromatic N) is 3. The maximum Gasteiger partial charge on any atom is 0.258 e. The van der Waals surface area contributed by atoms with Gasteiger partial charge in [-0.05, 0) is 60.2 Å². The van der Waals surface area contributed by atoms with Gasteiger partial charge in [0, 0.05) is 37.2 Å². The van der Waals surface area contributed by atoms with Crippen LogP contribution >= 0.6 is 11.6 Å². The van der Waals surface area contributed by atoms with Crippen LogP contribution in [-0.4, -0.2) is 34.0 Å². The first kappa shape index (κ1) is 21.8. The van der Waals surface area contributed by atoms with Crippen molar-refractivity contribution >= 4 is 23.4 Å². The molecular weight excluding hydrogens is 440 g/mol. The number of aryl methyl sites for hydroxylation is 1. The number of allylic oxidation sites excluding steroid dienone is 1. The first-order valence-corrected chi connectivity index (χ1v) is 11.5. The van der Waals surface area contributed by atoms with Crippen LogP contribution in [0.3, 0.4) is 0 Å². The summed E-state index contributed by atoms with van der Waals surface area (Å²) >= 11 is 5.75. The van der Waals surface area contributed by atoms with Gasteiger partial charge >= 0.3 is 0 Å². The summed E-state index contributed by atoms with van der Waals surface area (Å²) in [4.78, 5) is 12.8. The lowest BCUT2D eigenvalue weighted by Crippen LogP contribution is -2.28. The summed E-state index contributed by atoms with van der Waals surface area (Å²) in [6, 6.07) is 13.7. The molecular formula is C25H25ClN4O3. The van der Waals surface area contributed by atoms with E-state index >= 15 is 0 Å². The Labute approximate surface area is 197 Å². The largest absolute Gasteiger partial charge is 0.487 e. The highest BCUT2D eigenvalue weighted by Crippen LogP contribution is 2.27. The van der Waals surface area contributed by atoms with Gasteiger partial charge in [-0.2, -0.15) is 5.10 Å². The molecule has 1 N–H and O–H groups in total. The van der Waals surface area contributed by atoms with Crippen molar-refractivity contribution in [1.82, 2.24) is 20.1 Å². The fourth-order valence-electron chi connectivity index (χ4n) is 4.15. The summed E-state index contributed by atoms with van der Waals surface area (Å²) in [5, 5.41) is 11.6. The molecule has 3 aromatic rings. The van der Waals surface area contributed by atoms with E-state index in [1.165, 1.54) is 17.2 Å². The lowest BCUT2D eigenvalue weighted by Gasteiger charge is -2.20. The highest BCUT2D eigenvalue weighted by atomic mass is 35.5. The molecule has 0 amide bonds. The second kappa shape index (κ2) is 9.87. The van der Waals surface area contributed by atoms with Crippen molar-refractivity contribution in [3.63, 3.8) is 0 Å². The third kappa shape index (κ3) is 5.33. The number of nitrogens with one attached hydrogen (secondary N) is 1. The molecule has 0 bridgehead atoms. The van der Waals surface area contributed by atoms with Crippen molar-refractivity contribution in [3.8, 4) is 5.75 Å². The Hall–Kier alpha value is -3.00. The Morgan fingerprint density at radius 3 is 2.88 bits per heavy atom. The number of ether oxygens (including phenoxy) is 2. The summed E-state index contributed by atoms with van der Waals surface area (Å²) in [7, 11) is 0. The number of hydrogen-bond acceptors (Lipinski definition) is 6. The number of hydrogen-bond donors (Lipinski definition) is 1. The molecule has 170 valence electrons. The fraction of sp³-hybridized carbons (Fsp3) is 0.320. The van der Waals surface area contributed by atoms with Crippen molar-refractivity contribution in [1.29, 1.82) is 0 Å². The topological polar surface area (TPSA) is 78.3 Å². The van der Waals surface area contributed by atoms with E-state index in [1.54, 1.807) is 29.0 Å². The quantitative estimate of drug-likeness (QED) is 0.574. The molecule has 1 aliphatic carbocycles. The minimum Gasteiger partial charge on any atom is -0.487 e. The third-order valence-corrected chi connectivity index (χ3v) is 6.18. The number of aromatic nitrogens is 3. The van der Waals surface area contributed by atoms with Crippen molar-refractivity contribution < 1.29 is 9.47 Å². The van der Waals surface area contributed by atoms with Gasteiger partial charge in [0.1, 0.15) is 18.1 Å². The van der Waals surface area contributed by atoms with E-state index in [9.17, 15) is 4.79 Å². The van der Waals surface area contributed by atoms with Gasteiger partial charge < -0.3 is 14.8 Å². The summed E-state index contributed by atoms with van der Waals surface area (Å²) in [5.41, 5.74) is 5.26. The molecule has 33 heavy (non-hydrogen) atoms. The van der Waals surface area contributed by atoms with Gasteiger partial charge in [-0.3, -0.25) is 9.36 Å². The van der Waals surface area contributed by atoms with Crippen LogP contribution in [0.5, 0.6) is 5.75 Å². The second-order valence-corrected chi connectivity index (χ2v) is 8.70. The monoisotopic (exact) mass is 464 g/mol. The van der Waals surface area contributed by atoms with Gasteiger partial charge in [0.2, 0.25) is 0 Å². The molecule has 0 spiro atoms. The smallest absolute Gasteiger partial charge is 0.258 e. The third-order valence-electron chi connectivity index (χ3n) is 5.98. The molecule has 1 unspecified atom stereocenters. The van der Waals surface area contributed by atoms with Gasteiger partial charge in [-0.1, -0.05) is 29.8 Å². The Morgan fingerprint density at radius 1 is 1.15 bits per heavy atom. The first-order chi connectivity index (χ1) is 16.1. The molecule has 8 heteroatoms. The Bertz CT molecular complexity index is 1220. The Morgan fingerprint density at radius 2 is 2.09 bits per heavy atom. The summed E-state index contributed by atoms with van der Waals surface area (Å²) in [6.07, 6.45) is 6.66. The molecule has 3 heterocycles. The van der Waals surface area contributed by atoms with Gasteiger partial charge in [0.15, 0.2) is 5.15 Å². The van der Waals surface area contributed by atoms with Crippen LogP contribution in [0.2, 0.25) is 5.15 Å². The number of fused-ring (bicyclic) bond motifs is 1. The maximum absolute atomic E-state index is 12.8. The molecule has 0 saturated carbocycles. The molecule has 1 aliphatic heterocycles. The second-order valence-electron chi connectivity index (χ2n) is 8.32. The van der Waals surface area contributed by atoms with Crippen LogP contribution in [0.1, 0.15) is 35.2 Å². The lowest BCUT2D eigenvalue weighted by atomic mass is 9.93. The van der Waals surface area contributed by atoms with E-state index < -0.39 is 0 Å². The predicted octanol–water partition coefficient (Wildman–Crippen LogP) is 3.69. The van der Waals surface area contributed by atoms with Gasteiger partial charge in [-0.15, -0.1) is 5.10 Å². The van der Waals surface area contributed by atoms with Crippen LogP contribution in [0, 0.1) is 0 Å². The van der Waals surface area contributed by atoms with E-state index in [4.69, 9.17) is 21.1 Å². The summed E-state index contributed by atoms with van der Waals surface area (Å²) < 4.78 is 12.8. The molecule has 1 saturated heterocycles. The summed E-state index contributed by atoms with van der Waals surface area (Å²) in [6.45, 7) is 2.71. The highest BCUT2D eigenvalue weighted by molar-refractivity contribution is 6.29. The maximum atomic E-state index is 12.8. The van der Waals surface area contributed by atoms with Crippen molar-refractivity contribution in [2.24, 2.45) is 0 Å². The number of rotatable bonds is 7. The summed E-state index contributed by atoms with van der Waals surface area (Å²) in [5.74, 6) is 0.495. The molecule has 1 atom stereocenters. The lowest BCUT2D eigenvalue weighted by molar-refractivity contribution is 0.190. The van der Waals surface area contributed by atoms with Crippen LogP contribution in [0.15, 0.2) is 53.5 Å². The zero-order valence-electron chi connectivity index (χ0n) is 18.2. The molecule has 2 aliphatic rings. The van der Waals surface area contributed by atoms with E-state index in [-0.39, 0.29) is 12.2 Å². The minimum absolute atomic E-state index is 0.121. The predicted molar refractivity (Wildman–Crippen MR) is 127 cm³/mol. The van der Waals surface area contributed by atoms with E-state index in [0.717, 1.165) is 50.3 Å². The Balaban J connectivity index is 1.25. The van der Waals surface area contributed by atoms with E-state index in [0.29, 0.717) is 22.6 Å². The number of pyridine rings is 1. The standard InChI is InChI=1S/C25H25ClN4O3/c26-24-6-4-21(28-29-24)16-33-23-7-9-30(25(31)13-23)22-5-3-18-11-17(1-2-19(18)12-22)14-27-20-8-10-32-15-20/h1-2,4,6-7,9,11-13,20,27H,3,5,8,10,14-16H2. The molecule has 0 radical (unpaired) electrons. The van der Waals surface area contributed by atoms with Gasteiger partial charge in [-0.25, -0.2) is 0 Å². The van der Waals surface area contributed by atoms with Crippen molar-refractivity contribution in [3.05, 3.63) is 86.6 Å². The van der Waals surface area contributed by atoms with Crippen LogP contribution in [-0.2, 0) is 24.3 Å². The fourth-order valence-corrected chi connectivity index (χ4v) is 4.25. The number of halogens is 1. The SMILES string of the molecule is O=c1cc(OCc2ccc(Cl)nn2)ccn1C1=Cc2ccc(CNC3CCOC3)cc2CC1. The molecule has 1 fully saturated rings. The average molecular weight is 465 g/mol. The minimum atomic E-state index is -0.121. The average Bonchev–Trinajstić information content (AvgIpc) is 3.36. The van der Waals surface area contributed by atoms with E-state index in [2.05, 4.69) is 39.8 Å².